The van der Waals surface area contributed by atoms with Gasteiger partial charge in [0.05, 0.1) is 9.85 Å². The second kappa shape index (κ2) is 9.28. The molecule has 24 heavy (non-hydrogen) atoms. The molecule has 0 heterocycles. The van der Waals surface area contributed by atoms with Gasteiger partial charge in [0, 0.05) is 13.1 Å². The summed E-state index contributed by atoms with van der Waals surface area (Å²) < 4.78 is 33.5. The first-order chi connectivity index (χ1) is 10.6. The molecule has 1 aromatic carbocycles. The standard InChI is InChI=1S/C12H17N3O7S.Na/c1-3-7-13(8-4-2)9-5-6-10(23(20,21)22)12(15(18)19)11(9)14(16)17;/h5-6H,3-4,7-8H2,1-2H3,(H,20,21,22);/q;+1/p-1. The number of nitrogens with zero attached hydrogens (tertiary/aromatic N) is 3. The van der Waals surface area contributed by atoms with E-state index in [0.29, 0.717) is 25.9 Å². The molecule has 0 N–H and O–H groups in total. The van der Waals surface area contributed by atoms with Gasteiger partial charge in [-0.1, -0.05) is 13.8 Å². The SMILES string of the molecule is CCCN(CCC)c1ccc(S(=O)(=O)[O-])c([N+](=O)[O-])c1[N+](=O)[O-].[Na+]. The number of anilines is 1. The molecular weight excluding hydrogens is 353 g/mol. The van der Waals surface area contributed by atoms with E-state index in [1.165, 1.54) is 0 Å². The zero-order valence-electron chi connectivity index (χ0n) is 13.6. The van der Waals surface area contributed by atoms with E-state index in [1.807, 2.05) is 13.8 Å². The summed E-state index contributed by atoms with van der Waals surface area (Å²) >= 11 is 0. The number of nitro benzene ring substituents is 2. The summed E-state index contributed by atoms with van der Waals surface area (Å²) in [5, 5.41) is 22.5. The minimum atomic E-state index is -5.22. The molecule has 0 atom stereocenters. The van der Waals surface area contributed by atoms with E-state index < -0.39 is 36.2 Å². The molecule has 128 valence electrons. The first kappa shape index (κ1) is 22.7. The number of rotatable bonds is 8. The maximum atomic E-state index is 11.3. The van der Waals surface area contributed by atoms with Gasteiger partial charge in [-0.05, 0) is 25.0 Å². The van der Waals surface area contributed by atoms with Crippen molar-refractivity contribution in [2.45, 2.75) is 31.6 Å². The van der Waals surface area contributed by atoms with Crippen LogP contribution in [0, 0.1) is 20.2 Å². The average Bonchev–Trinajstić information content (AvgIpc) is 2.44. The van der Waals surface area contributed by atoms with Crippen LogP contribution in [0.2, 0.25) is 0 Å². The molecule has 0 aliphatic heterocycles. The Morgan fingerprint density at radius 1 is 1.00 bits per heavy atom. The van der Waals surface area contributed by atoms with Crippen LogP contribution >= 0.6 is 0 Å². The summed E-state index contributed by atoms with van der Waals surface area (Å²) in [5.74, 6) is 0. The zero-order chi connectivity index (χ0) is 17.8. The van der Waals surface area contributed by atoms with E-state index in [2.05, 4.69) is 0 Å². The monoisotopic (exact) mass is 369 g/mol. The predicted octanol–water partition coefficient (Wildman–Crippen LogP) is -0.962. The third-order valence-electron chi connectivity index (χ3n) is 3.06. The van der Waals surface area contributed by atoms with Crippen molar-refractivity contribution in [1.82, 2.24) is 0 Å². The van der Waals surface area contributed by atoms with E-state index in [4.69, 9.17) is 0 Å². The quantitative estimate of drug-likeness (QED) is 0.246. The Morgan fingerprint density at radius 2 is 1.46 bits per heavy atom. The van der Waals surface area contributed by atoms with Crippen LogP contribution in [0.25, 0.3) is 0 Å². The Kier molecular flexibility index (Phi) is 8.78. The molecule has 12 heteroatoms. The molecule has 0 saturated heterocycles. The first-order valence-corrected chi connectivity index (χ1v) is 8.22. The minimum absolute atomic E-state index is 0. The van der Waals surface area contributed by atoms with Crippen molar-refractivity contribution in [2.75, 3.05) is 18.0 Å². The average molecular weight is 369 g/mol. The van der Waals surface area contributed by atoms with E-state index in [9.17, 15) is 33.2 Å². The maximum Gasteiger partial charge on any atom is 1.00 e. The molecule has 10 nitrogen and oxygen atoms in total. The van der Waals surface area contributed by atoms with Gasteiger partial charge in [-0.3, -0.25) is 20.2 Å². The number of benzene rings is 1. The van der Waals surface area contributed by atoms with Crippen LogP contribution < -0.4 is 34.5 Å². The van der Waals surface area contributed by atoms with Gasteiger partial charge in [0.25, 0.3) is 0 Å². The van der Waals surface area contributed by atoms with E-state index in [-0.39, 0.29) is 35.2 Å². The van der Waals surface area contributed by atoms with Gasteiger partial charge < -0.3 is 9.45 Å². The third kappa shape index (κ3) is 5.11. The molecule has 0 aliphatic carbocycles. The summed E-state index contributed by atoms with van der Waals surface area (Å²) in [7, 11) is -5.22. The molecule has 1 aromatic rings. The Bertz CT molecular complexity index is 718. The topological polar surface area (TPSA) is 147 Å². The van der Waals surface area contributed by atoms with Crippen molar-refractivity contribution in [3.05, 3.63) is 32.4 Å². The van der Waals surface area contributed by atoms with Gasteiger partial charge in [-0.15, -0.1) is 0 Å². The van der Waals surface area contributed by atoms with E-state index >= 15 is 0 Å². The Morgan fingerprint density at radius 3 is 1.79 bits per heavy atom. The molecule has 1 rings (SSSR count). The maximum absolute atomic E-state index is 11.3. The van der Waals surface area contributed by atoms with Crippen LogP contribution in [0.15, 0.2) is 17.0 Å². The number of nitro groups is 2. The normalized spacial score (nSPS) is 10.8. The summed E-state index contributed by atoms with van der Waals surface area (Å²) in [4.78, 5) is 20.6. The Balaban J connectivity index is 0.00000529. The molecule has 0 unspecified atom stereocenters. The van der Waals surface area contributed by atoms with Crippen molar-refractivity contribution in [3.63, 3.8) is 0 Å². The fraction of sp³-hybridized carbons (Fsp3) is 0.500. The smallest absolute Gasteiger partial charge is 0.744 e. The second-order valence-corrected chi connectivity index (χ2v) is 6.08. The van der Waals surface area contributed by atoms with Gasteiger partial charge in [0.15, 0.2) is 0 Å². The zero-order valence-corrected chi connectivity index (χ0v) is 16.4. The van der Waals surface area contributed by atoms with Crippen molar-refractivity contribution in [3.8, 4) is 0 Å². The summed E-state index contributed by atoms with van der Waals surface area (Å²) in [6, 6.07) is 1.82. The second-order valence-electron chi connectivity index (χ2n) is 4.74. The van der Waals surface area contributed by atoms with Crippen molar-refractivity contribution in [1.29, 1.82) is 0 Å². The van der Waals surface area contributed by atoms with Gasteiger partial charge in [-0.2, -0.15) is 0 Å². The molecule has 0 aliphatic rings. The molecule has 0 aromatic heterocycles. The molecule has 0 radical (unpaired) electrons. The summed E-state index contributed by atoms with van der Waals surface area (Å²) in [6.07, 6.45) is 1.26. The van der Waals surface area contributed by atoms with E-state index in [1.54, 1.807) is 4.90 Å². The molecule has 0 saturated carbocycles. The van der Waals surface area contributed by atoms with E-state index in [0.717, 1.165) is 12.1 Å². The molecule has 0 fully saturated rings. The number of hydrogen-bond donors (Lipinski definition) is 0. The Hall–Kier alpha value is -1.27. The number of hydrogen-bond acceptors (Lipinski definition) is 8. The molecule has 0 amide bonds. The summed E-state index contributed by atoms with van der Waals surface area (Å²) in [5.41, 5.74) is -2.34. The fourth-order valence-corrected chi connectivity index (χ4v) is 2.90. The van der Waals surface area contributed by atoms with Crippen LogP contribution in [-0.2, 0) is 10.1 Å². The van der Waals surface area contributed by atoms with Gasteiger partial charge in [0.1, 0.15) is 20.7 Å². The first-order valence-electron chi connectivity index (χ1n) is 6.81. The van der Waals surface area contributed by atoms with Gasteiger partial charge >= 0.3 is 40.9 Å². The molecular formula is C12H16N3NaO7S. The molecule has 0 bridgehead atoms. The minimum Gasteiger partial charge on any atom is -0.744 e. The van der Waals surface area contributed by atoms with Gasteiger partial charge in [0.2, 0.25) is 0 Å². The third-order valence-corrected chi connectivity index (χ3v) is 3.92. The van der Waals surface area contributed by atoms with Crippen molar-refractivity contribution >= 4 is 27.2 Å². The largest absolute Gasteiger partial charge is 1.00 e. The van der Waals surface area contributed by atoms with Crippen LogP contribution in [0.5, 0.6) is 0 Å². The van der Waals surface area contributed by atoms with Crippen molar-refractivity contribution < 1.29 is 52.4 Å². The van der Waals surface area contributed by atoms with Crippen LogP contribution in [-0.4, -0.2) is 35.9 Å². The fourth-order valence-electron chi connectivity index (χ4n) is 2.26. The predicted molar refractivity (Wildman–Crippen MR) is 80.5 cm³/mol. The Labute approximate surface area is 161 Å². The van der Waals surface area contributed by atoms with Gasteiger partial charge in [-0.25, -0.2) is 8.42 Å². The molecule has 0 spiro atoms. The van der Waals surface area contributed by atoms with Crippen LogP contribution in [0.1, 0.15) is 26.7 Å². The van der Waals surface area contributed by atoms with Crippen LogP contribution in [0.4, 0.5) is 17.1 Å². The summed E-state index contributed by atoms with van der Waals surface area (Å²) in [6.45, 7) is 4.46. The van der Waals surface area contributed by atoms with Crippen molar-refractivity contribution in [2.24, 2.45) is 0 Å². The van der Waals surface area contributed by atoms with Crippen LogP contribution in [0.3, 0.4) is 0 Å².